The maximum Gasteiger partial charge on any atom is 0.292 e. The van der Waals surface area contributed by atoms with Crippen LogP contribution in [0.4, 0.5) is 0 Å². The zero-order valence-corrected chi connectivity index (χ0v) is 21.5. The molecule has 1 fully saturated rings. The van der Waals surface area contributed by atoms with Crippen LogP contribution in [-0.4, -0.2) is 53.5 Å². The van der Waals surface area contributed by atoms with Crippen molar-refractivity contribution in [1.82, 2.24) is 15.0 Å². The van der Waals surface area contributed by atoms with E-state index in [1.807, 2.05) is 56.4 Å². The van der Waals surface area contributed by atoms with Gasteiger partial charge in [-0.05, 0) is 43.0 Å². The van der Waals surface area contributed by atoms with Crippen LogP contribution in [0, 0.1) is 5.41 Å². The first kappa shape index (κ1) is 25.8. The van der Waals surface area contributed by atoms with E-state index in [2.05, 4.69) is 5.16 Å². The number of rotatable bonds is 9. The summed E-state index contributed by atoms with van der Waals surface area (Å²) >= 11 is 6.14. The van der Waals surface area contributed by atoms with Gasteiger partial charge in [0.2, 0.25) is 11.7 Å². The van der Waals surface area contributed by atoms with E-state index in [9.17, 15) is 9.59 Å². The lowest BCUT2D eigenvalue weighted by Gasteiger charge is -2.42. The number of halogens is 1. The molecule has 1 aliphatic heterocycles. The van der Waals surface area contributed by atoms with Gasteiger partial charge < -0.3 is 19.1 Å². The van der Waals surface area contributed by atoms with Crippen LogP contribution in [0.3, 0.4) is 0 Å². The number of amides is 2. The predicted octanol–water partition coefficient (Wildman–Crippen LogP) is 5.24. The molecule has 1 aliphatic rings. The van der Waals surface area contributed by atoms with E-state index in [1.165, 1.54) is 0 Å². The summed E-state index contributed by atoms with van der Waals surface area (Å²) in [5.41, 5.74) is 1.25. The summed E-state index contributed by atoms with van der Waals surface area (Å²) in [6.45, 7) is 3.75. The molecule has 1 atom stereocenters. The third kappa shape index (κ3) is 6.46. The maximum atomic E-state index is 13.4. The molecule has 2 amide bonds. The number of carbonyl (C=O) groups excluding carboxylic acids is 2. The minimum atomic E-state index is -0.550. The highest BCUT2D eigenvalue weighted by Crippen LogP contribution is 2.36. The van der Waals surface area contributed by atoms with Gasteiger partial charge in [-0.1, -0.05) is 60.1 Å². The highest BCUT2D eigenvalue weighted by Gasteiger charge is 2.41. The second kappa shape index (κ2) is 11.6. The van der Waals surface area contributed by atoms with E-state index >= 15 is 0 Å². The number of ether oxygens (including phenoxy) is 1. The van der Waals surface area contributed by atoms with Crippen molar-refractivity contribution in [2.45, 2.75) is 39.2 Å². The Bertz CT molecular complexity index is 1180. The van der Waals surface area contributed by atoms with Crippen LogP contribution in [0.5, 0.6) is 5.75 Å². The van der Waals surface area contributed by atoms with Gasteiger partial charge in [-0.15, -0.1) is 0 Å². The van der Waals surface area contributed by atoms with Gasteiger partial charge in [0, 0.05) is 49.6 Å². The minimum Gasteiger partial charge on any atom is -0.493 e. The molecule has 0 bridgehead atoms. The molecule has 8 heteroatoms. The lowest BCUT2D eigenvalue weighted by molar-refractivity contribution is -0.134. The summed E-state index contributed by atoms with van der Waals surface area (Å²) in [5.74, 6) is 0.666. The number of nitrogens with zero attached hydrogens (tertiary/aromatic N) is 3. The third-order valence-corrected chi connectivity index (χ3v) is 6.87. The Labute approximate surface area is 217 Å². The Morgan fingerprint density at radius 3 is 2.69 bits per heavy atom. The molecule has 36 heavy (non-hydrogen) atoms. The Morgan fingerprint density at radius 1 is 1.17 bits per heavy atom. The molecule has 3 aromatic rings. The third-order valence-electron chi connectivity index (χ3n) is 6.64. The molecule has 190 valence electrons. The van der Waals surface area contributed by atoms with E-state index in [4.69, 9.17) is 20.9 Å². The molecule has 0 aliphatic carbocycles. The topological polar surface area (TPSA) is 75.9 Å². The van der Waals surface area contributed by atoms with Crippen molar-refractivity contribution < 1.29 is 18.8 Å². The van der Waals surface area contributed by atoms with Gasteiger partial charge in [-0.3, -0.25) is 9.59 Å². The number of likely N-dealkylation sites (tertiary alicyclic amines) is 1. The average Bonchev–Trinajstić information content (AvgIpc) is 3.37. The molecule has 1 unspecified atom stereocenters. The van der Waals surface area contributed by atoms with Gasteiger partial charge in [0.05, 0.1) is 12.3 Å². The Morgan fingerprint density at radius 2 is 1.97 bits per heavy atom. The first-order valence-corrected chi connectivity index (χ1v) is 12.7. The maximum absolute atomic E-state index is 13.4. The highest BCUT2D eigenvalue weighted by atomic mass is 35.5. The van der Waals surface area contributed by atoms with Crippen LogP contribution in [0.25, 0.3) is 0 Å². The molecule has 4 rings (SSSR count). The van der Waals surface area contributed by atoms with Crippen LogP contribution in [-0.2, 0) is 17.8 Å². The molecule has 2 heterocycles. The number of aryl methyl sites for hydroxylation is 1. The molecule has 0 spiro atoms. The fraction of sp³-hybridized carbons (Fsp3) is 0.393. The minimum absolute atomic E-state index is 0.00998. The van der Waals surface area contributed by atoms with E-state index in [-0.39, 0.29) is 24.0 Å². The molecule has 0 N–H and O–H groups in total. The molecule has 2 aromatic carbocycles. The van der Waals surface area contributed by atoms with Crippen molar-refractivity contribution in [2.75, 3.05) is 26.7 Å². The van der Waals surface area contributed by atoms with Gasteiger partial charge in [0.25, 0.3) is 5.91 Å². The van der Waals surface area contributed by atoms with Gasteiger partial charge >= 0.3 is 0 Å². The van der Waals surface area contributed by atoms with Gasteiger partial charge in [-0.25, -0.2) is 0 Å². The predicted molar refractivity (Wildman–Crippen MR) is 138 cm³/mol. The first-order valence-electron chi connectivity index (χ1n) is 12.3. The van der Waals surface area contributed by atoms with Gasteiger partial charge in [0.1, 0.15) is 5.75 Å². The fourth-order valence-corrected chi connectivity index (χ4v) is 4.80. The number of piperidine rings is 1. The number of hydrogen-bond donors (Lipinski definition) is 0. The van der Waals surface area contributed by atoms with Gasteiger partial charge in [-0.2, -0.15) is 0 Å². The Kier molecular flexibility index (Phi) is 8.31. The number of aromatic nitrogens is 1. The molecule has 0 radical (unpaired) electrons. The van der Waals surface area contributed by atoms with E-state index < -0.39 is 5.41 Å². The van der Waals surface area contributed by atoms with Crippen molar-refractivity contribution in [1.29, 1.82) is 0 Å². The quantitative estimate of drug-likeness (QED) is 0.394. The van der Waals surface area contributed by atoms with Crippen molar-refractivity contribution >= 4 is 23.4 Å². The summed E-state index contributed by atoms with van der Waals surface area (Å²) < 4.78 is 11.5. The first-order chi connectivity index (χ1) is 17.4. The Balaban J connectivity index is 1.52. The van der Waals surface area contributed by atoms with Gasteiger partial charge in [0.15, 0.2) is 0 Å². The van der Waals surface area contributed by atoms with Crippen LogP contribution >= 0.6 is 11.6 Å². The standard InChI is InChI=1S/C28H32ClN3O4/c1-3-23-16-25(36-30-23)27(34)32-14-8-13-28(19-32,20-35-24-12-7-11-22(29)15-24)17-26(33)31(2)18-21-9-5-4-6-10-21/h4-7,9-12,15-16H,3,8,13-14,17-20H2,1-2H3. The largest absolute Gasteiger partial charge is 0.493 e. The molecule has 1 saturated heterocycles. The average molecular weight is 510 g/mol. The fourth-order valence-electron chi connectivity index (χ4n) is 4.62. The van der Waals surface area contributed by atoms with Crippen LogP contribution in [0.1, 0.15) is 48.0 Å². The summed E-state index contributed by atoms with van der Waals surface area (Å²) in [4.78, 5) is 30.1. The second-order valence-corrected chi connectivity index (χ2v) is 9.96. The molecular formula is C28H32ClN3O4. The lowest BCUT2D eigenvalue weighted by Crippen LogP contribution is -2.50. The molecule has 1 aromatic heterocycles. The van der Waals surface area contributed by atoms with Crippen LogP contribution < -0.4 is 4.74 Å². The zero-order valence-electron chi connectivity index (χ0n) is 20.8. The van der Waals surface area contributed by atoms with Crippen LogP contribution in [0.2, 0.25) is 5.02 Å². The highest BCUT2D eigenvalue weighted by molar-refractivity contribution is 6.30. The van der Waals surface area contributed by atoms with Crippen LogP contribution in [0.15, 0.2) is 65.2 Å². The molecule has 0 saturated carbocycles. The zero-order chi connectivity index (χ0) is 25.5. The van der Waals surface area contributed by atoms with E-state index in [0.717, 1.165) is 24.1 Å². The van der Waals surface area contributed by atoms with Crippen molar-refractivity contribution in [3.8, 4) is 5.75 Å². The number of benzene rings is 2. The normalized spacial score (nSPS) is 17.6. The van der Waals surface area contributed by atoms with E-state index in [0.29, 0.717) is 43.4 Å². The smallest absolute Gasteiger partial charge is 0.292 e. The summed E-state index contributed by atoms with van der Waals surface area (Å²) in [6.07, 6.45) is 2.47. The number of hydrogen-bond acceptors (Lipinski definition) is 5. The summed E-state index contributed by atoms with van der Waals surface area (Å²) in [5, 5.41) is 4.54. The Hall–Kier alpha value is -3.32. The van der Waals surface area contributed by atoms with Crippen molar-refractivity contribution in [3.63, 3.8) is 0 Å². The molecular weight excluding hydrogens is 478 g/mol. The summed E-state index contributed by atoms with van der Waals surface area (Å²) in [6, 6.07) is 18.8. The second-order valence-electron chi connectivity index (χ2n) is 9.52. The number of carbonyl (C=O) groups is 2. The van der Waals surface area contributed by atoms with Crippen molar-refractivity contribution in [2.24, 2.45) is 5.41 Å². The molecule has 7 nitrogen and oxygen atoms in total. The van der Waals surface area contributed by atoms with E-state index in [1.54, 1.807) is 28.0 Å². The monoisotopic (exact) mass is 509 g/mol. The lowest BCUT2D eigenvalue weighted by atomic mass is 9.77. The SMILES string of the molecule is CCc1cc(C(=O)N2CCCC(COc3cccc(Cl)c3)(CC(=O)N(C)Cc3ccccc3)C2)on1. The summed E-state index contributed by atoms with van der Waals surface area (Å²) in [7, 11) is 1.81. The van der Waals surface area contributed by atoms with Crippen molar-refractivity contribution in [3.05, 3.63) is 82.7 Å².